The van der Waals surface area contributed by atoms with Gasteiger partial charge >= 0.3 is 0 Å². The third kappa shape index (κ3) is 3.03. The van der Waals surface area contributed by atoms with Gasteiger partial charge in [0.05, 0.1) is 12.5 Å². The number of carboxylic acid groups (broad SMARTS) is 1. The third-order valence-corrected chi connectivity index (χ3v) is 3.36. The summed E-state index contributed by atoms with van der Waals surface area (Å²) in [5, 5.41) is 11.0. The van der Waals surface area contributed by atoms with E-state index in [0.29, 0.717) is 13.0 Å². The largest absolute Gasteiger partial charge is 0.544 e. The molecular weight excluding hydrogens is 221 g/mol. The van der Waals surface area contributed by atoms with Crippen LogP contribution in [-0.2, 0) is 11.3 Å². The molecule has 0 aliphatic carbocycles. The van der Waals surface area contributed by atoms with Crippen molar-refractivity contribution < 1.29 is 19.2 Å². The highest BCUT2D eigenvalue weighted by Gasteiger charge is 2.26. The molecule has 4 heteroatoms. The number of piperidine rings is 1. The van der Waals surface area contributed by atoms with Crippen LogP contribution >= 0.6 is 0 Å². The Balaban J connectivity index is 2.05. The van der Waals surface area contributed by atoms with Gasteiger partial charge in [-0.05, 0) is 25.0 Å². The molecule has 2 rings (SSSR count). The molecule has 1 N–H and O–H groups in total. The molecule has 17 heavy (non-hydrogen) atoms. The Hall–Kier alpha value is -1.42. The number of benzene rings is 1. The lowest BCUT2D eigenvalue weighted by Gasteiger charge is -2.33. The summed E-state index contributed by atoms with van der Waals surface area (Å²) in [4.78, 5) is 12.0. The molecule has 2 atom stereocenters. The zero-order valence-electron chi connectivity index (χ0n) is 9.62. The first kappa shape index (κ1) is 12.0. The normalized spacial score (nSPS) is 24.5. The van der Waals surface area contributed by atoms with Gasteiger partial charge in [0.1, 0.15) is 18.4 Å². The predicted molar refractivity (Wildman–Crippen MR) is 58.6 cm³/mol. The minimum atomic E-state index is -0.971. The Bertz CT molecular complexity index is 391. The highest BCUT2D eigenvalue weighted by atomic mass is 19.1. The summed E-state index contributed by atoms with van der Waals surface area (Å²) >= 11 is 0. The molecule has 3 nitrogen and oxygen atoms in total. The summed E-state index contributed by atoms with van der Waals surface area (Å²) in [7, 11) is 0. The Morgan fingerprint density at radius 3 is 2.71 bits per heavy atom. The Morgan fingerprint density at radius 1 is 1.35 bits per heavy atom. The van der Waals surface area contributed by atoms with Gasteiger partial charge < -0.3 is 14.8 Å². The Kier molecular flexibility index (Phi) is 3.74. The van der Waals surface area contributed by atoms with Crippen LogP contribution in [0.4, 0.5) is 4.39 Å². The molecule has 1 unspecified atom stereocenters. The van der Waals surface area contributed by atoms with Crippen molar-refractivity contribution in [2.24, 2.45) is 0 Å². The number of carbonyl (C=O) groups is 1. The molecule has 1 fully saturated rings. The van der Waals surface area contributed by atoms with Gasteiger partial charge in [0.15, 0.2) is 0 Å². The van der Waals surface area contributed by atoms with E-state index >= 15 is 0 Å². The lowest BCUT2D eigenvalue weighted by atomic mass is 10.0. The molecule has 1 heterocycles. The summed E-state index contributed by atoms with van der Waals surface area (Å²) < 4.78 is 12.8. The van der Waals surface area contributed by atoms with Crippen LogP contribution in [0.1, 0.15) is 24.8 Å². The standard InChI is InChI=1S/C13H16FNO2/c14-11-6-4-10(5-7-11)9-15-8-2-1-3-12(15)13(16)17/h4-7,12H,1-3,8-9H2,(H,16,17)/t12-/m0/s1. The van der Waals surface area contributed by atoms with Crippen molar-refractivity contribution in [1.29, 1.82) is 0 Å². The van der Waals surface area contributed by atoms with Gasteiger partial charge in [-0.15, -0.1) is 0 Å². The second-order valence-electron chi connectivity index (χ2n) is 4.58. The number of quaternary nitrogens is 1. The molecule has 1 aliphatic heterocycles. The first-order valence-electron chi connectivity index (χ1n) is 5.96. The molecule has 1 aromatic carbocycles. The van der Waals surface area contributed by atoms with Gasteiger partial charge in [-0.3, -0.25) is 0 Å². The van der Waals surface area contributed by atoms with Gasteiger partial charge in [0, 0.05) is 12.0 Å². The highest BCUT2D eigenvalue weighted by Crippen LogP contribution is 2.05. The fraction of sp³-hybridized carbons (Fsp3) is 0.462. The van der Waals surface area contributed by atoms with Gasteiger partial charge in [-0.25, -0.2) is 4.39 Å². The second kappa shape index (κ2) is 5.27. The number of aliphatic carboxylic acids is 1. The maximum absolute atomic E-state index is 12.8. The molecule has 1 aromatic rings. The van der Waals surface area contributed by atoms with Crippen LogP contribution in [0.15, 0.2) is 24.3 Å². The lowest BCUT2D eigenvalue weighted by molar-refractivity contribution is -0.937. The zero-order chi connectivity index (χ0) is 12.3. The Morgan fingerprint density at radius 2 is 2.06 bits per heavy atom. The maximum Gasteiger partial charge on any atom is 0.128 e. The van der Waals surface area contributed by atoms with Crippen molar-refractivity contribution in [3.63, 3.8) is 0 Å². The zero-order valence-corrected chi connectivity index (χ0v) is 9.62. The van der Waals surface area contributed by atoms with Crippen LogP contribution in [-0.4, -0.2) is 18.6 Å². The monoisotopic (exact) mass is 237 g/mol. The van der Waals surface area contributed by atoms with E-state index in [4.69, 9.17) is 0 Å². The lowest BCUT2D eigenvalue weighted by Crippen LogP contribution is -3.17. The van der Waals surface area contributed by atoms with Crippen molar-refractivity contribution in [2.45, 2.75) is 31.8 Å². The fourth-order valence-electron chi connectivity index (χ4n) is 2.44. The molecular formula is C13H16FNO2. The molecule has 1 aliphatic rings. The van der Waals surface area contributed by atoms with E-state index < -0.39 is 12.0 Å². The number of hydrogen-bond donors (Lipinski definition) is 1. The van der Waals surface area contributed by atoms with Crippen molar-refractivity contribution >= 4 is 5.97 Å². The van der Waals surface area contributed by atoms with E-state index in [1.165, 1.54) is 12.1 Å². The van der Waals surface area contributed by atoms with Crippen LogP contribution in [0.25, 0.3) is 0 Å². The number of nitrogens with one attached hydrogen (secondary N) is 1. The first-order valence-corrected chi connectivity index (χ1v) is 5.96. The summed E-state index contributed by atoms with van der Waals surface area (Å²) in [5.41, 5.74) is 0.967. The summed E-state index contributed by atoms with van der Waals surface area (Å²) in [6, 6.07) is 5.82. The van der Waals surface area contributed by atoms with E-state index in [-0.39, 0.29) is 5.82 Å². The van der Waals surface area contributed by atoms with Crippen LogP contribution < -0.4 is 10.0 Å². The van der Waals surface area contributed by atoms with Crippen molar-refractivity contribution in [3.05, 3.63) is 35.6 Å². The molecule has 92 valence electrons. The average molecular weight is 237 g/mol. The number of likely N-dealkylation sites (tertiary alicyclic amines) is 1. The van der Waals surface area contributed by atoms with E-state index in [9.17, 15) is 14.3 Å². The number of carbonyl (C=O) groups excluding carboxylic acids is 1. The van der Waals surface area contributed by atoms with Gasteiger partial charge in [-0.1, -0.05) is 12.1 Å². The van der Waals surface area contributed by atoms with Crippen LogP contribution in [0.3, 0.4) is 0 Å². The van der Waals surface area contributed by atoms with Crippen molar-refractivity contribution in [3.8, 4) is 0 Å². The van der Waals surface area contributed by atoms with Gasteiger partial charge in [-0.2, -0.15) is 0 Å². The molecule has 0 saturated carbocycles. The fourth-order valence-corrected chi connectivity index (χ4v) is 2.44. The number of carboxylic acids is 1. The minimum absolute atomic E-state index is 0.265. The molecule has 0 spiro atoms. The predicted octanol–water partition coefficient (Wildman–Crippen LogP) is -0.487. The summed E-state index contributed by atoms with van der Waals surface area (Å²) in [5.74, 6) is -1.24. The number of halogens is 1. The molecule has 0 bridgehead atoms. The van der Waals surface area contributed by atoms with Crippen LogP contribution in [0.5, 0.6) is 0 Å². The van der Waals surface area contributed by atoms with E-state index in [1.807, 2.05) is 0 Å². The quantitative estimate of drug-likeness (QED) is 0.771. The van der Waals surface area contributed by atoms with Gasteiger partial charge in [0.25, 0.3) is 0 Å². The third-order valence-electron chi connectivity index (χ3n) is 3.36. The van der Waals surface area contributed by atoms with Crippen LogP contribution in [0.2, 0.25) is 0 Å². The van der Waals surface area contributed by atoms with Crippen molar-refractivity contribution in [2.75, 3.05) is 6.54 Å². The van der Waals surface area contributed by atoms with Crippen molar-refractivity contribution in [1.82, 2.24) is 0 Å². The van der Waals surface area contributed by atoms with E-state index in [1.54, 1.807) is 12.1 Å². The molecule has 1 saturated heterocycles. The van der Waals surface area contributed by atoms with E-state index in [0.717, 1.165) is 29.8 Å². The highest BCUT2D eigenvalue weighted by molar-refractivity contribution is 5.69. The number of rotatable bonds is 3. The maximum atomic E-state index is 12.8. The molecule has 0 radical (unpaired) electrons. The SMILES string of the molecule is O=C([O-])[C@@H]1CCCC[NH+]1Cc1ccc(F)cc1. The summed E-state index contributed by atoms with van der Waals surface area (Å²) in [6.45, 7) is 1.47. The smallest absolute Gasteiger partial charge is 0.128 e. The topological polar surface area (TPSA) is 44.6 Å². The van der Waals surface area contributed by atoms with E-state index in [2.05, 4.69) is 0 Å². The molecule has 0 aromatic heterocycles. The Labute approximate surface area is 99.9 Å². The molecule has 0 amide bonds. The minimum Gasteiger partial charge on any atom is -0.544 e. The number of hydrogen-bond acceptors (Lipinski definition) is 2. The average Bonchev–Trinajstić information content (AvgIpc) is 2.32. The van der Waals surface area contributed by atoms with Gasteiger partial charge in [0.2, 0.25) is 0 Å². The summed E-state index contributed by atoms with van der Waals surface area (Å²) in [6.07, 6.45) is 2.67. The first-order chi connectivity index (χ1) is 8.16. The second-order valence-corrected chi connectivity index (χ2v) is 4.58. The van der Waals surface area contributed by atoms with Crippen LogP contribution in [0, 0.1) is 5.82 Å².